The van der Waals surface area contributed by atoms with Crippen molar-refractivity contribution in [3.8, 4) is 16.9 Å². The lowest BCUT2D eigenvalue weighted by Gasteiger charge is -2.22. The quantitative estimate of drug-likeness (QED) is 0.171. The molecule has 2 aromatic carbocycles. The number of hydrogen-bond acceptors (Lipinski definition) is 6. The lowest BCUT2D eigenvalue weighted by atomic mass is 9.96. The summed E-state index contributed by atoms with van der Waals surface area (Å²) in [5.41, 5.74) is 4.85. The van der Waals surface area contributed by atoms with Gasteiger partial charge in [-0.2, -0.15) is 0 Å². The molecule has 0 unspecified atom stereocenters. The number of pyridine rings is 1. The summed E-state index contributed by atoms with van der Waals surface area (Å²) in [5.74, 6) is 0.918. The molecule has 2 fully saturated rings. The van der Waals surface area contributed by atoms with Crippen molar-refractivity contribution >= 4 is 23.2 Å². The molecular formula is C32H38Cl2N2O4. The molecule has 0 radical (unpaired) electrons. The van der Waals surface area contributed by atoms with Gasteiger partial charge in [-0.05, 0) is 92.4 Å². The standard InChI is InChI=1S/C32H38Cl2N2O4/c33-29-20-24(30(34)19-23(29)5-3-4-13-35-15-17-38-18-16-37)22-39-32(11-12-32)28-21-36-14-10-26(28)27-6-1-2-7-31(27)40-25-8-9-25/h1-2,6-7,10,14,19-21,25,35,37H,3-5,8-9,11-13,15-18,22H2. The maximum absolute atomic E-state index is 8.72. The van der Waals surface area contributed by atoms with Crippen LogP contribution in [-0.2, 0) is 28.1 Å². The van der Waals surface area contributed by atoms with E-state index in [0.717, 1.165) is 96.6 Å². The van der Waals surface area contributed by atoms with Crippen LogP contribution in [0.2, 0.25) is 10.0 Å². The van der Waals surface area contributed by atoms with E-state index in [-0.39, 0.29) is 12.2 Å². The molecule has 2 saturated carbocycles. The van der Waals surface area contributed by atoms with Gasteiger partial charge in [0.05, 0.1) is 38.1 Å². The molecule has 214 valence electrons. The molecule has 0 amide bonds. The number of para-hydroxylation sites is 1. The number of halogens is 2. The van der Waals surface area contributed by atoms with E-state index in [2.05, 4.69) is 28.5 Å². The normalized spacial score (nSPS) is 15.8. The van der Waals surface area contributed by atoms with Crippen molar-refractivity contribution in [2.45, 2.75) is 63.3 Å². The Morgan fingerprint density at radius 1 is 0.950 bits per heavy atom. The maximum Gasteiger partial charge on any atom is 0.127 e. The largest absolute Gasteiger partial charge is 0.490 e. The zero-order valence-corrected chi connectivity index (χ0v) is 24.4. The van der Waals surface area contributed by atoms with Gasteiger partial charge >= 0.3 is 0 Å². The van der Waals surface area contributed by atoms with E-state index >= 15 is 0 Å². The van der Waals surface area contributed by atoms with E-state index in [1.54, 1.807) is 0 Å². The number of rotatable bonds is 17. The molecule has 1 heterocycles. The van der Waals surface area contributed by atoms with E-state index in [9.17, 15) is 0 Å². The van der Waals surface area contributed by atoms with Crippen molar-refractivity contribution in [2.75, 3.05) is 32.9 Å². The molecule has 2 aliphatic rings. The Balaban J connectivity index is 1.18. The lowest BCUT2D eigenvalue weighted by molar-refractivity contribution is 0.0174. The summed E-state index contributed by atoms with van der Waals surface area (Å²) in [6.07, 6.45) is 11.1. The second-order valence-electron chi connectivity index (χ2n) is 10.6. The van der Waals surface area contributed by atoms with Gasteiger partial charge in [-0.15, -0.1) is 0 Å². The zero-order chi connectivity index (χ0) is 27.8. The van der Waals surface area contributed by atoms with E-state index in [1.807, 2.05) is 36.7 Å². The molecular weight excluding hydrogens is 547 g/mol. The van der Waals surface area contributed by atoms with E-state index < -0.39 is 0 Å². The van der Waals surface area contributed by atoms with Gasteiger partial charge in [0.15, 0.2) is 0 Å². The summed E-state index contributed by atoms with van der Waals surface area (Å²) in [4.78, 5) is 4.45. The number of ether oxygens (including phenoxy) is 3. The number of aliphatic hydroxyl groups is 1. The average molecular weight is 586 g/mol. The van der Waals surface area contributed by atoms with Gasteiger partial charge in [0.1, 0.15) is 5.75 Å². The summed E-state index contributed by atoms with van der Waals surface area (Å²) >= 11 is 13.4. The molecule has 0 spiro atoms. The van der Waals surface area contributed by atoms with Crippen LogP contribution >= 0.6 is 23.2 Å². The smallest absolute Gasteiger partial charge is 0.127 e. The van der Waals surface area contributed by atoms with Gasteiger partial charge in [0, 0.05) is 40.1 Å². The minimum absolute atomic E-state index is 0.0612. The number of hydrogen-bond donors (Lipinski definition) is 2. The molecule has 2 aliphatic carbocycles. The van der Waals surface area contributed by atoms with E-state index in [0.29, 0.717) is 30.9 Å². The van der Waals surface area contributed by atoms with Gasteiger partial charge in [0.25, 0.3) is 0 Å². The van der Waals surface area contributed by atoms with Crippen molar-refractivity contribution in [3.05, 3.63) is 81.6 Å². The van der Waals surface area contributed by atoms with Crippen LogP contribution in [0.5, 0.6) is 5.75 Å². The van der Waals surface area contributed by atoms with Crippen LogP contribution in [0.3, 0.4) is 0 Å². The van der Waals surface area contributed by atoms with Crippen molar-refractivity contribution in [2.24, 2.45) is 0 Å². The van der Waals surface area contributed by atoms with E-state index in [1.165, 1.54) is 0 Å². The topological polar surface area (TPSA) is 72.8 Å². The minimum Gasteiger partial charge on any atom is -0.490 e. The van der Waals surface area contributed by atoms with Crippen LogP contribution in [0.1, 0.15) is 55.2 Å². The number of aliphatic hydroxyl groups excluding tert-OH is 1. The Labute approximate surface area is 247 Å². The first-order valence-electron chi connectivity index (χ1n) is 14.3. The Kier molecular flexibility index (Phi) is 10.3. The molecule has 0 saturated heterocycles. The fourth-order valence-corrected chi connectivity index (χ4v) is 5.42. The van der Waals surface area contributed by atoms with Crippen LogP contribution in [-0.4, -0.2) is 49.1 Å². The fourth-order valence-electron chi connectivity index (χ4n) is 4.90. The van der Waals surface area contributed by atoms with Gasteiger partial charge in [-0.1, -0.05) is 41.4 Å². The van der Waals surface area contributed by atoms with Crippen LogP contribution in [0, 0.1) is 0 Å². The third-order valence-corrected chi connectivity index (χ3v) is 8.14. The molecule has 5 rings (SSSR count). The van der Waals surface area contributed by atoms with Crippen molar-refractivity contribution in [1.82, 2.24) is 10.3 Å². The second-order valence-corrected chi connectivity index (χ2v) is 11.4. The number of benzene rings is 2. The molecule has 1 aromatic heterocycles. The molecule has 0 aliphatic heterocycles. The molecule has 0 bridgehead atoms. The van der Waals surface area contributed by atoms with Gasteiger partial charge in [-0.3, -0.25) is 4.98 Å². The van der Waals surface area contributed by atoms with Crippen molar-refractivity contribution in [3.63, 3.8) is 0 Å². The number of nitrogens with one attached hydrogen (secondary N) is 1. The second kappa shape index (κ2) is 14.1. The van der Waals surface area contributed by atoms with Crippen LogP contribution in [0.15, 0.2) is 54.9 Å². The summed E-state index contributed by atoms with van der Waals surface area (Å²) < 4.78 is 18.1. The van der Waals surface area contributed by atoms with Crippen molar-refractivity contribution < 1.29 is 19.3 Å². The summed E-state index contributed by atoms with van der Waals surface area (Å²) in [5, 5.41) is 13.5. The highest BCUT2D eigenvalue weighted by Crippen LogP contribution is 2.53. The molecule has 8 heteroatoms. The van der Waals surface area contributed by atoms with Gasteiger partial charge in [-0.25, -0.2) is 0 Å². The highest BCUT2D eigenvalue weighted by Gasteiger charge is 2.47. The molecule has 40 heavy (non-hydrogen) atoms. The summed E-state index contributed by atoms with van der Waals surface area (Å²) in [6, 6.07) is 14.2. The van der Waals surface area contributed by atoms with Gasteiger partial charge in [0.2, 0.25) is 0 Å². The first kappa shape index (κ1) is 29.3. The Hall–Kier alpha value is -2.19. The predicted molar refractivity (Wildman–Crippen MR) is 159 cm³/mol. The third kappa shape index (κ3) is 7.75. The predicted octanol–water partition coefficient (Wildman–Crippen LogP) is 6.72. The SMILES string of the molecule is OCCOCCNCCCCc1cc(Cl)c(COC2(c3cnccc3-c3ccccc3OC3CC3)CC2)cc1Cl. The summed E-state index contributed by atoms with van der Waals surface area (Å²) in [6.45, 7) is 3.13. The van der Waals surface area contributed by atoms with Gasteiger partial charge < -0.3 is 24.6 Å². The average Bonchev–Trinajstić information content (AvgIpc) is 3.91. The molecule has 0 atom stereocenters. The third-order valence-electron chi connectivity index (χ3n) is 7.44. The minimum atomic E-state index is -0.388. The lowest BCUT2D eigenvalue weighted by Crippen LogP contribution is -2.21. The number of aromatic nitrogens is 1. The van der Waals surface area contributed by atoms with E-state index in [4.69, 9.17) is 42.5 Å². The maximum atomic E-state index is 8.72. The number of unbranched alkanes of at least 4 members (excludes halogenated alkanes) is 1. The fraction of sp³-hybridized carbons (Fsp3) is 0.469. The number of nitrogens with zero attached hydrogens (tertiary/aromatic N) is 1. The van der Waals surface area contributed by atoms with Crippen molar-refractivity contribution in [1.29, 1.82) is 0 Å². The first-order valence-corrected chi connectivity index (χ1v) is 15.1. The monoisotopic (exact) mass is 584 g/mol. The summed E-state index contributed by atoms with van der Waals surface area (Å²) in [7, 11) is 0. The number of aryl methyl sites for hydroxylation is 1. The highest BCUT2D eigenvalue weighted by molar-refractivity contribution is 6.34. The first-order chi connectivity index (χ1) is 19.6. The zero-order valence-electron chi connectivity index (χ0n) is 22.8. The molecule has 3 aromatic rings. The Morgan fingerprint density at radius 3 is 2.55 bits per heavy atom. The van der Waals surface area contributed by atoms with Crippen LogP contribution in [0.25, 0.3) is 11.1 Å². The Morgan fingerprint density at radius 2 is 1.75 bits per heavy atom. The molecule has 6 nitrogen and oxygen atoms in total. The van der Waals surface area contributed by atoms with Crippen LogP contribution < -0.4 is 10.1 Å². The van der Waals surface area contributed by atoms with Crippen LogP contribution in [0.4, 0.5) is 0 Å². The molecule has 2 N–H and O–H groups in total. The Bertz CT molecular complexity index is 1260. The highest BCUT2D eigenvalue weighted by atomic mass is 35.5.